The Morgan fingerprint density at radius 1 is 1.26 bits per heavy atom. The van der Waals surface area contributed by atoms with Gasteiger partial charge in [-0.05, 0) is 48.1 Å². The van der Waals surface area contributed by atoms with E-state index in [2.05, 4.69) is 10.1 Å². The van der Waals surface area contributed by atoms with Gasteiger partial charge in [-0.15, -0.1) is 11.3 Å². The normalized spacial score (nSPS) is 10.8. The van der Waals surface area contributed by atoms with E-state index in [4.69, 9.17) is 17.0 Å². The summed E-state index contributed by atoms with van der Waals surface area (Å²) < 4.78 is 7.27. The Morgan fingerprint density at radius 3 is 2.68 bits per heavy atom. The molecule has 2 aromatic heterocycles. The second kappa shape index (κ2) is 4.71. The number of aryl methyl sites for hydroxylation is 1. The Morgan fingerprint density at radius 2 is 2.00 bits per heavy atom. The van der Waals surface area contributed by atoms with Gasteiger partial charge in [0.15, 0.2) is 0 Å². The fraction of sp³-hybridized carbons (Fsp3) is 0.154. The zero-order valence-corrected chi connectivity index (χ0v) is 12.1. The molecule has 0 saturated carbocycles. The summed E-state index contributed by atoms with van der Waals surface area (Å²) in [5.74, 6) is 0.848. The highest BCUT2D eigenvalue weighted by molar-refractivity contribution is 7.71. The standard InChI is InChI=1S/C13H11N3OS2/c1-16-13(18)14-12-10(15-16)7-11(19-12)8-3-5-9(17-2)6-4-8/h3-7H,1-2H3. The molecule has 0 spiro atoms. The van der Waals surface area contributed by atoms with Gasteiger partial charge < -0.3 is 4.74 Å². The highest BCUT2D eigenvalue weighted by Gasteiger charge is 2.07. The van der Waals surface area contributed by atoms with Gasteiger partial charge in [0.1, 0.15) is 16.1 Å². The molecule has 3 aromatic rings. The van der Waals surface area contributed by atoms with Crippen LogP contribution in [-0.4, -0.2) is 21.9 Å². The molecule has 0 amide bonds. The van der Waals surface area contributed by atoms with E-state index < -0.39 is 0 Å². The fourth-order valence-electron chi connectivity index (χ4n) is 1.78. The van der Waals surface area contributed by atoms with Crippen LogP contribution in [0.5, 0.6) is 5.75 Å². The molecular weight excluding hydrogens is 278 g/mol. The van der Waals surface area contributed by atoms with Gasteiger partial charge in [-0.1, -0.05) is 0 Å². The minimum Gasteiger partial charge on any atom is -0.497 e. The minimum atomic E-state index is 0.496. The number of thiophene rings is 1. The molecule has 96 valence electrons. The van der Waals surface area contributed by atoms with E-state index in [9.17, 15) is 0 Å². The zero-order valence-electron chi connectivity index (χ0n) is 10.5. The van der Waals surface area contributed by atoms with Gasteiger partial charge in [-0.3, -0.25) is 0 Å². The third-order valence-corrected chi connectivity index (χ3v) is 4.22. The van der Waals surface area contributed by atoms with Crippen LogP contribution in [0.25, 0.3) is 20.8 Å². The third-order valence-electron chi connectivity index (χ3n) is 2.80. The first-order valence-electron chi connectivity index (χ1n) is 5.67. The van der Waals surface area contributed by atoms with Crippen LogP contribution in [0, 0.1) is 4.77 Å². The van der Waals surface area contributed by atoms with Crippen LogP contribution in [0.3, 0.4) is 0 Å². The van der Waals surface area contributed by atoms with E-state index in [1.54, 1.807) is 30.2 Å². The van der Waals surface area contributed by atoms with E-state index in [1.165, 1.54) is 0 Å². The van der Waals surface area contributed by atoms with Crippen LogP contribution in [-0.2, 0) is 7.05 Å². The van der Waals surface area contributed by atoms with Gasteiger partial charge in [-0.2, -0.15) is 5.10 Å². The van der Waals surface area contributed by atoms with Gasteiger partial charge in [0.25, 0.3) is 0 Å². The summed E-state index contributed by atoms with van der Waals surface area (Å²) >= 11 is 6.71. The number of fused-ring (bicyclic) bond motifs is 1. The molecule has 0 aliphatic carbocycles. The summed E-state index contributed by atoms with van der Waals surface area (Å²) in [6.07, 6.45) is 0. The SMILES string of the molecule is COc1ccc(-c2cc3nn(C)c(=S)nc3s2)cc1. The maximum absolute atomic E-state index is 5.16. The molecule has 0 aliphatic heterocycles. The van der Waals surface area contributed by atoms with Crippen LogP contribution < -0.4 is 4.74 Å². The highest BCUT2D eigenvalue weighted by Crippen LogP contribution is 2.32. The molecule has 1 aromatic carbocycles. The molecule has 0 atom stereocenters. The number of nitrogens with zero attached hydrogens (tertiary/aromatic N) is 3. The first kappa shape index (κ1) is 12.3. The predicted molar refractivity (Wildman–Crippen MR) is 79.2 cm³/mol. The first-order chi connectivity index (χ1) is 9.17. The third kappa shape index (κ3) is 2.24. The molecule has 3 rings (SSSR count). The van der Waals surface area contributed by atoms with Crippen molar-refractivity contribution in [3.8, 4) is 16.2 Å². The molecule has 4 nitrogen and oxygen atoms in total. The van der Waals surface area contributed by atoms with Gasteiger partial charge >= 0.3 is 0 Å². The molecule has 0 unspecified atom stereocenters. The summed E-state index contributed by atoms with van der Waals surface area (Å²) in [5.41, 5.74) is 1.99. The van der Waals surface area contributed by atoms with E-state index in [0.717, 1.165) is 26.5 Å². The zero-order chi connectivity index (χ0) is 13.4. The second-order valence-electron chi connectivity index (χ2n) is 4.05. The number of rotatable bonds is 2. The maximum Gasteiger partial charge on any atom is 0.217 e. The Bertz CT molecular complexity index is 790. The summed E-state index contributed by atoms with van der Waals surface area (Å²) in [4.78, 5) is 6.36. The lowest BCUT2D eigenvalue weighted by Crippen LogP contribution is -1.99. The van der Waals surface area contributed by atoms with Crippen molar-refractivity contribution in [2.75, 3.05) is 7.11 Å². The summed E-state index contributed by atoms with van der Waals surface area (Å²) in [7, 11) is 3.47. The second-order valence-corrected chi connectivity index (χ2v) is 5.44. The van der Waals surface area contributed by atoms with Gasteiger partial charge in [0.05, 0.1) is 7.11 Å². The number of aromatic nitrogens is 3. The van der Waals surface area contributed by atoms with Gasteiger partial charge in [0.2, 0.25) is 4.77 Å². The summed E-state index contributed by atoms with van der Waals surface area (Å²) in [6.45, 7) is 0. The van der Waals surface area contributed by atoms with Crippen LogP contribution in [0.2, 0.25) is 0 Å². The molecule has 19 heavy (non-hydrogen) atoms. The number of hydrogen-bond donors (Lipinski definition) is 0. The van der Waals surface area contributed by atoms with Crippen molar-refractivity contribution in [1.29, 1.82) is 0 Å². The number of benzene rings is 1. The van der Waals surface area contributed by atoms with E-state index >= 15 is 0 Å². The molecular formula is C13H11N3OS2. The lowest BCUT2D eigenvalue weighted by Gasteiger charge is -2.00. The predicted octanol–water partition coefficient (Wildman–Crippen LogP) is 3.43. The Labute approximate surface area is 119 Å². The van der Waals surface area contributed by atoms with Crippen molar-refractivity contribution in [3.63, 3.8) is 0 Å². The maximum atomic E-state index is 5.16. The van der Waals surface area contributed by atoms with Crippen LogP contribution >= 0.6 is 23.6 Å². The van der Waals surface area contributed by atoms with Crippen LogP contribution in [0.4, 0.5) is 0 Å². The summed E-state index contributed by atoms with van der Waals surface area (Å²) in [6, 6.07) is 9.97. The van der Waals surface area contributed by atoms with Gasteiger partial charge in [0, 0.05) is 11.9 Å². The Balaban J connectivity index is 2.11. The fourth-order valence-corrected chi connectivity index (χ4v) is 2.94. The van der Waals surface area contributed by atoms with E-state index in [0.29, 0.717) is 4.77 Å². The van der Waals surface area contributed by atoms with Crippen molar-refractivity contribution < 1.29 is 4.74 Å². The molecule has 6 heteroatoms. The lowest BCUT2D eigenvalue weighted by atomic mass is 10.2. The largest absolute Gasteiger partial charge is 0.497 e. The Kier molecular flexibility index (Phi) is 3.04. The monoisotopic (exact) mass is 289 g/mol. The Hall–Kier alpha value is -1.79. The van der Waals surface area contributed by atoms with Crippen molar-refractivity contribution in [3.05, 3.63) is 35.1 Å². The van der Waals surface area contributed by atoms with Crippen molar-refractivity contribution >= 4 is 33.9 Å². The van der Waals surface area contributed by atoms with Crippen molar-refractivity contribution in [2.24, 2.45) is 7.05 Å². The molecule has 0 aliphatic rings. The number of hydrogen-bond acceptors (Lipinski definition) is 5. The topological polar surface area (TPSA) is 39.9 Å². The van der Waals surface area contributed by atoms with E-state index in [1.807, 2.05) is 30.3 Å². The van der Waals surface area contributed by atoms with Crippen LogP contribution in [0.1, 0.15) is 0 Å². The smallest absolute Gasteiger partial charge is 0.217 e. The summed E-state index contributed by atoms with van der Waals surface area (Å²) in [5, 5.41) is 4.39. The molecule has 0 N–H and O–H groups in total. The molecule has 0 fully saturated rings. The lowest BCUT2D eigenvalue weighted by molar-refractivity contribution is 0.415. The molecule has 0 bridgehead atoms. The molecule has 0 radical (unpaired) electrons. The average Bonchev–Trinajstić information content (AvgIpc) is 2.82. The average molecular weight is 289 g/mol. The quantitative estimate of drug-likeness (QED) is 0.678. The van der Waals surface area contributed by atoms with Crippen molar-refractivity contribution in [1.82, 2.24) is 14.8 Å². The number of ether oxygens (including phenoxy) is 1. The molecule has 0 saturated heterocycles. The first-order valence-corrected chi connectivity index (χ1v) is 6.89. The number of methoxy groups -OCH3 is 1. The van der Waals surface area contributed by atoms with Crippen molar-refractivity contribution in [2.45, 2.75) is 0 Å². The minimum absolute atomic E-state index is 0.496. The highest BCUT2D eigenvalue weighted by atomic mass is 32.1. The molecule has 2 heterocycles. The van der Waals surface area contributed by atoms with Gasteiger partial charge in [-0.25, -0.2) is 9.67 Å². The van der Waals surface area contributed by atoms with Crippen LogP contribution in [0.15, 0.2) is 30.3 Å². The van der Waals surface area contributed by atoms with E-state index in [-0.39, 0.29) is 0 Å².